The van der Waals surface area contributed by atoms with E-state index >= 15 is 0 Å². The number of fused-ring (bicyclic) bond motifs is 1. The first-order chi connectivity index (χ1) is 10.1. The zero-order valence-corrected chi connectivity index (χ0v) is 11.6. The van der Waals surface area contributed by atoms with Crippen LogP contribution in [0.5, 0.6) is 0 Å². The number of halogens is 1. The van der Waals surface area contributed by atoms with Crippen LogP contribution in [0.4, 0.5) is 10.2 Å². The van der Waals surface area contributed by atoms with Crippen LogP contribution >= 0.6 is 0 Å². The molecule has 6 heteroatoms. The van der Waals surface area contributed by atoms with E-state index in [4.69, 9.17) is 0 Å². The summed E-state index contributed by atoms with van der Waals surface area (Å²) in [6.45, 7) is 2.11. The molecule has 0 saturated heterocycles. The normalized spacial score (nSPS) is 17.1. The van der Waals surface area contributed by atoms with Crippen LogP contribution in [0, 0.1) is 5.82 Å². The number of nitrogens with zero attached hydrogens (tertiary/aromatic N) is 1. The van der Waals surface area contributed by atoms with Gasteiger partial charge < -0.3 is 5.32 Å². The van der Waals surface area contributed by atoms with E-state index in [2.05, 4.69) is 10.3 Å². The third kappa shape index (κ3) is 2.37. The summed E-state index contributed by atoms with van der Waals surface area (Å²) in [6.07, 6.45) is 1.31. The molecule has 0 aliphatic carbocycles. The number of aromatic amines is 1. The monoisotopic (exact) mass is 289 g/mol. The molecule has 0 bridgehead atoms. The number of hydrogen-bond acceptors (Lipinski definition) is 3. The van der Waals surface area contributed by atoms with Crippen molar-refractivity contribution in [2.45, 2.75) is 32.4 Å². The van der Waals surface area contributed by atoms with Crippen LogP contribution in [0.3, 0.4) is 0 Å². The van der Waals surface area contributed by atoms with Crippen molar-refractivity contribution in [3.05, 3.63) is 62.0 Å². The molecule has 0 fully saturated rings. The minimum absolute atomic E-state index is 0.0365. The fourth-order valence-corrected chi connectivity index (χ4v) is 2.73. The molecule has 1 atom stereocenters. The lowest BCUT2D eigenvalue weighted by molar-refractivity contribution is 0.605. The van der Waals surface area contributed by atoms with E-state index < -0.39 is 5.69 Å². The molecule has 1 aromatic carbocycles. The summed E-state index contributed by atoms with van der Waals surface area (Å²) in [5, 5.41) is 3.17. The van der Waals surface area contributed by atoms with Crippen LogP contribution in [0.15, 0.2) is 33.9 Å². The van der Waals surface area contributed by atoms with Gasteiger partial charge in [0.25, 0.3) is 5.56 Å². The number of nitrogens with one attached hydrogen (secondary N) is 2. The molecule has 2 N–H and O–H groups in total. The first-order valence-corrected chi connectivity index (χ1v) is 6.98. The minimum atomic E-state index is -0.409. The van der Waals surface area contributed by atoms with Gasteiger partial charge in [0, 0.05) is 6.54 Å². The molecule has 21 heavy (non-hydrogen) atoms. The Hall–Kier alpha value is -2.37. The highest BCUT2D eigenvalue weighted by atomic mass is 19.1. The number of anilines is 1. The maximum Gasteiger partial charge on any atom is 0.329 e. The number of rotatable bonds is 2. The van der Waals surface area contributed by atoms with Crippen LogP contribution in [0.25, 0.3) is 0 Å². The van der Waals surface area contributed by atoms with Crippen molar-refractivity contribution in [1.82, 2.24) is 9.55 Å². The van der Waals surface area contributed by atoms with Gasteiger partial charge in [-0.05, 0) is 37.5 Å². The van der Waals surface area contributed by atoms with Crippen molar-refractivity contribution in [2.24, 2.45) is 0 Å². The maximum atomic E-state index is 13.0. The summed E-state index contributed by atoms with van der Waals surface area (Å²) in [4.78, 5) is 26.8. The molecular weight excluding hydrogens is 273 g/mol. The number of H-pyrrole nitrogens is 1. The summed E-state index contributed by atoms with van der Waals surface area (Å²) in [5.41, 5.74) is 0.896. The Kier molecular flexibility index (Phi) is 3.37. The lowest BCUT2D eigenvalue weighted by Crippen LogP contribution is -2.39. The Balaban J connectivity index is 1.98. The predicted octanol–water partition coefficient (Wildman–Crippen LogP) is 1.79. The fourth-order valence-electron chi connectivity index (χ4n) is 2.73. The van der Waals surface area contributed by atoms with Crippen molar-refractivity contribution in [3.63, 3.8) is 0 Å². The summed E-state index contributed by atoms with van der Waals surface area (Å²) in [6, 6.07) is 6.20. The van der Waals surface area contributed by atoms with Crippen LogP contribution < -0.4 is 16.6 Å². The highest BCUT2D eigenvalue weighted by Gasteiger charge is 2.23. The Morgan fingerprint density at radius 1 is 1.29 bits per heavy atom. The van der Waals surface area contributed by atoms with Gasteiger partial charge in [-0.2, -0.15) is 0 Å². The molecule has 0 unspecified atom stereocenters. The number of aromatic nitrogens is 2. The second kappa shape index (κ2) is 5.20. The average molecular weight is 289 g/mol. The van der Waals surface area contributed by atoms with Gasteiger partial charge in [-0.25, -0.2) is 9.18 Å². The molecule has 0 saturated carbocycles. The first kappa shape index (κ1) is 13.6. The number of benzene rings is 1. The summed E-state index contributed by atoms with van der Waals surface area (Å²) < 4.78 is 14.2. The van der Waals surface area contributed by atoms with Crippen molar-refractivity contribution in [3.8, 4) is 0 Å². The van der Waals surface area contributed by atoms with Crippen molar-refractivity contribution >= 4 is 5.82 Å². The Bertz CT molecular complexity index is 777. The fraction of sp³-hybridized carbons (Fsp3) is 0.333. The van der Waals surface area contributed by atoms with E-state index in [-0.39, 0.29) is 17.4 Å². The summed E-state index contributed by atoms with van der Waals surface area (Å²) >= 11 is 0. The Labute approximate surface area is 120 Å². The molecule has 1 aliphatic heterocycles. The van der Waals surface area contributed by atoms with Gasteiger partial charge in [-0.1, -0.05) is 12.1 Å². The van der Waals surface area contributed by atoms with E-state index in [0.29, 0.717) is 24.3 Å². The second-order valence-electron chi connectivity index (χ2n) is 5.12. The van der Waals surface area contributed by atoms with Gasteiger partial charge in [0.05, 0.1) is 11.6 Å². The summed E-state index contributed by atoms with van der Waals surface area (Å²) in [5.74, 6) is 0.199. The molecule has 0 spiro atoms. The van der Waals surface area contributed by atoms with Gasteiger partial charge in [0.1, 0.15) is 11.6 Å². The van der Waals surface area contributed by atoms with Gasteiger partial charge in [0.2, 0.25) is 0 Å². The zero-order chi connectivity index (χ0) is 15.0. The minimum Gasteiger partial charge on any atom is -0.364 e. The smallest absolute Gasteiger partial charge is 0.329 e. The highest BCUT2D eigenvalue weighted by molar-refractivity contribution is 5.47. The quantitative estimate of drug-likeness (QED) is 0.886. The van der Waals surface area contributed by atoms with E-state index in [9.17, 15) is 14.0 Å². The van der Waals surface area contributed by atoms with Crippen molar-refractivity contribution in [1.29, 1.82) is 0 Å². The molecular formula is C15H16FN3O2. The third-order valence-corrected chi connectivity index (χ3v) is 3.87. The van der Waals surface area contributed by atoms with Gasteiger partial charge in [-0.3, -0.25) is 14.3 Å². The largest absolute Gasteiger partial charge is 0.364 e. The Morgan fingerprint density at radius 3 is 2.67 bits per heavy atom. The zero-order valence-electron chi connectivity index (χ0n) is 11.6. The van der Waals surface area contributed by atoms with Crippen molar-refractivity contribution < 1.29 is 4.39 Å². The van der Waals surface area contributed by atoms with E-state index in [0.717, 1.165) is 12.0 Å². The first-order valence-electron chi connectivity index (χ1n) is 6.98. The van der Waals surface area contributed by atoms with Crippen LogP contribution in [0.1, 0.15) is 30.5 Å². The van der Waals surface area contributed by atoms with E-state index in [1.807, 2.05) is 0 Å². The molecule has 0 radical (unpaired) electrons. The molecule has 1 aliphatic rings. The Morgan fingerprint density at radius 2 is 2.00 bits per heavy atom. The second-order valence-corrected chi connectivity index (χ2v) is 5.12. The van der Waals surface area contributed by atoms with Gasteiger partial charge in [0.15, 0.2) is 0 Å². The third-order valence-electron chi connectivity index (χ3n) is 3.87. The lowest BCUT2D eigenvalue weighted by atomic mass is 9.96. The van der Waals surface area contributed by atoms with Crippen LogP contribution in [-0.2, 0) is 13.0 Å². The molecule has 110 valence electrons. The molecule has 0 amide bonds. The predicted molar refractivity (Wildman–Crippen MR) is 78.1 cm³/mol. The SMILES string of the molecule is CCn1c(=O)[nH]c2c(c1=O)CC[C@H](c1ccc(F)cc1)N2. The van der Waals surface area contributed by atoms with Crippen LogP contribution in [-0.4, -0.2) is 9.55 Å². The molecule has 5 nitrogen and oxygen atoms in total. The van der Waals surface area contributed by atoms with Gasteiger partial charge >= 0.3 is 5.69 Å². The van der Waals surface area contributed by atoms with E-state index in [1.54, 1.807) is 19.1 Å². The molecule has 1 aromatic heterocycles. The van der Waals surface area contributed by atoms with Gasteiger partial charge in [-0.15, -0.1) is 0 Å². The van der Waals surface area contributed by atoms with E-state index in [1.165, 1.54) is 16.7 Å². The molecule has 3 rings (SSSR count). The topological polar surface area (TPSA) is 66.9 Å². The summed E-state index contributed by atoms with van der Waals surface area (Å²) in [7, 11) is 0. The van der Waals surface area contributed by atoms with Crippen molar-refractivity contribution in [2.75, 3.05) is 5.32 Å². The highest BCUT2D eigenvalue weighted by Crippen LogP contribution is 2.29. The van der Waals surface area contributed by atoms with Crippen LogP contribution in [0.2, 0.25) is 0 Å². The molecule has 2 aromatic rings. The maximum absolute atomic E-state index is 13.0. The lowest BCUT2D eigenvalue weighted by Gasteiger charge is -2.26. The molecule has 2 heterocycles. The number of hydrogen-bond donors (Lipinski definition) is 2. The standard InChI is InChI=1S/C15H16FN3O2/c1-2-19-14(20)11-7-8-12(17-13(11)18-15(19)21)9-3-5-10(16)6-4-9/h3-6,12,17H,2,7-8H2,1H3,(H,18,21)/t12-/m1/s1. The average Bonchev–Trinajstić information content (AvgIpc) is 2.48.